The van der Waals surface area contributed by atoms with E-state index in [2.05, 4.69) is 0 Å². The zero-order chi connectivity index (χ0) is 13.1. The van der Waals surface area contributed by atoms with Gasteiger partial charge in [-0.05, 0) is 31.0 Å². The summed E-state index contributed by atoms with van der Waals surface area (Å²) in [6, 6.07) is 6.65. The Morgan fingerprint density at radius 3 is 2.12 bits per heavy atom. The summed E-state index contributed by atoms with van der Waals surface area (Å²) in [4.78, 5) is 11.1. The number of benzene rings is 1. The van der Waals surface area contributed by atoms with Crippen molar-refractivity contribution in [1.29, 1.82) is 0 Å². The molecule has 0 atom stereocenters. The van der Waals surface area contributed by atoms with Crippen molar-refractivity contribution in [3.63, 3.8) is 0 Å². The van der Waals surface area contributed by atoms with E-state index in [0.29, 0.717) is 12.8 Å². The highest BCUT2D eigenvalue weighted by atomic mass is 32.2. The van der Waals surface area contributed by atoms with E-state index in [1.807, 2.05) is 0 Å². The lowest BCUT2D eigenvalue weighted by Crippen LogP contribution is -2.22. The molecule has 0 N–H and O–H groups in total. The highest BCUT2D eigenvalue weighted by Gasteiger charge is 2.16. The summed E-state index contributed by atoms with van der Waals surface area (Å²) in [7, 11) is -0.361. The Kier molecular flexibility index (Phi) is 4.42. The van der Waals surface area contributed by atoms with Crippen molar-refractivity contribution in [2.45, 2.75) is 24.7 Å². The monoisotopic (exact) mass is 255 g/mol. The maximum absolute atomic E-state index is 11.8. The van der Waals surface area contributed by atoms with Gasteiger partial charge >= 0.3 is 0 Å². The van der Waals surface area contributed by atoms with Gasteiger partial charge in [-0.2, -0.15) is 0 Å². The van der Waals surface area contributed by atoms with Crippen LogP contribution in [-0.4, -0.2) is 32.6 Å². The van der Waals surface area contributed by atoms with E-state index in [4.69, 9.17) is 0 Å². The number of carbonyl (C=O) groups excluding carboxylic acids is 1. The standard InChI is InChI=1S/C12H17NO3S/c1-10(14)4-5-11-6-8-12(9-7-11)17(15,16)13(2)3/h6-9H,4-5H2,1-3H3. The molecule has 17 heavy (non-hydrogen) atoms. The van der Waals surface area contributed by atoms with Crippen LogP contribution in [0.3, 0.4) is 0 Å². The third-order valence-electron chi connectivity index (χ3n) is 2.47. The van der Waals surface area contributed by atoms with Gasteiger partial charge in [0.1, 0.15) is 5.78 Å². The van der Waals surface area contributed by atoms with Crippen molar-refractivity contribution in [3.05, 3.63) is 29.8 Å². The number of sulfonamides is 1. The highest BCUT2D eigenvalue weighted by molar-refractivity contribution is 7.89. The predicted octanol–water partition coefficient (Wildman–Crippen LogP) is 1.46. The Morgan fingerprint density at radius 2 is 1.71 bits per heavy atom. The van der Waals surface area contributed by atoms with Gasteiger partial charge in [0.15, 0.2) is 0 Å². The SMILES string of the molecule is CC(=O)CCc1ccc(S(=O)(=O)N(C)C)cc1. The summed E-state index contributed by atoms with van der Waals surface area (Å²) < 4.78 is 24.7. The van der Waals surface area contributed by atoms with Gasteiger partial charge in [-0.15, -0.1) is 0 Å². The van der Waals surface area contributed by atoms with Crippen LogP contribution in [0.25, 0.3) is 0 Å². The molecular formula is C12H17NO3S. The third kappa shape index (κ3) is 3.64. The number of hydrogen-bond donors (Lipinski definition) is 0. The summed E-state index contributed by atoms with van der Waals surface area (Å²) >= 11 is 0. The number of rotatable bonds is 5. The topological polar surface area (TPSA) is 54.5 Å². The molecule has 0 bridgehead atoms. The van der Waals surface area contributed by atoms with Crippen LogP contribution in [0, 0.1) is 0 Å². The Balaban J connectivity index is 2.85. The quantitative estimate of drug-likeness (QED) is 0.800. The van der Waals surface area contributed by atoms with Gasteiger partial charge in [-0.25, -0.2) is 12.7 Å². The second kappa shape index (κ2) is 5.42. The van der Waals surface area contributed by atoms with E-state index >= 15 is 0 Å². The maximum atomic E-state index is 11.8. The van der Waals surface area contributed by atoms with E-state index in [-0.39, 0.29) is 10.7 Å². The molecule has 0 fully saturated rings. The highest BCUT2D eigenvalue weighted by Crippen LogP contribution is 2.14. The normalized spacial score (nSPS) is 11.8. The van der Waals surface area contributed by atoms with Crippen LogP contribution in [0.5, 0.6) is 0 Å². The van der Waals surface area contributed by atoms with Crippen LogP contribution in [0.4, 0.5) is 0 Å². The summed E-state index contributed by atoms with van der Waals surface area (Å²) in [5.41, 5.74) is 0.970. The van der Waals surface area contributed by atoms with Gasteiger partial charge < -0.3 is 4.79 Å². The first-order valence-electron chi connectivity index (χ1n) is 5.35. The van der Waals surface area contributed by atoms with Crippen LogP contribution >= 0.6 is 0 Å². The molecule has 0 saturated heterocycles. The van der Waals surface area contributed by atoms with Gasteiger partial charge in [0.2, 0.25) is 10.0 Å². The van der Waals surface area contributed by atoms with E-state index in [1.54, 1.807) is 31.2 Å². The number of hydrogen-bond acceptors (Lipinski definition) is 3. The summed E-state index contributed by atoms with van der Waals surface area (Å²) in [5, 5.41) is 0. The molecule has 0 aliphatic carbocycles. The minimum Gasteiger partial charge on any atom is -0.300 e. The zero-order valence-electron chi connectivity index (χ0n) is 10.3. The van der Waals surface area contributed by atoms with E-state index in [0.717, 1.165) is 5.56 Å². The van der Waals surface area contributed by atoms with Crippen LogP contribution in [0.1, 0.15) is 18.9 Å². The molecule has 0 amide bonds. The minimum absolute atomic E-state index is 0.134. The van der Waals surface area contributed by atoms with Crippen LogP contribution in [0.15, 0.2) is 29.2 Å². The fraction of sp³-hybridized carbons (Fsp3) is 0.417. The van der Waals surface area contributed by atoms with Gasteiger partial charge in [0.25, 0.3) is 0 Å². The third-order valence-corrected chi connectivity index (χ3v) is 4.30. The fourth-order valence-electron chi connectivity index (χ4n) is 1.36. The molecular weight excluding hydrogens is 238 g/mol. The second-order valence-electron chi connectivity index (χ2n) is 4.13. The molecule has 5 heteroatoms. The van der Waals surface area contributed by atoms with Gasteiger partial charge in [-0.3, -0.25) is 0 Å². The van der Waals surface area contributed by atoms with Gasteiger partial charge in [-0.1, -0.05) is 12.1 Å². The molecule has 1 aromatic rings. The maximum Gasteiger partial charge on any atom is 0.242 e. The largest absolute Gasteiger partial charge is 0.300 e. The van der Waals surface area contributed by atoms with Crippen LogP contribution < -0.4 is 0 Å². The molecule has 0 aliphatic rings. The Bertz CT molecular complexity index is 489. The van der Waals surface area contributed by atoms with Gasteiger partial charge in [0.05, 0.1) is 4.90 Å². The number of Topliss-reactive ketones (excluding diaryl/α,β-unsaturated/α-hetero) is 1. The van der Waals surface area contributed by atoms with Crippen LogP contribution in [0.2, 0.25) is 0 Å². The van der Waals surface area contributed by atoms with Crippen molar-refractivity contribution in [1.82, 2.24) is 4.31 Å². The molecule has 0 spiro atoms. The van der Waals surface area contributed by atoms with Crippen molar-refractivity contribution in [3.8, 4) is 0 Å². The zero-order valence-corrected chi connectivity index (χ0v) is 11.1. The molecule has 0 heterocycles. The number of ketones is 1. The lowest BCUT2D eigenvalue weighted by molar-refractivity contribution is -0.116. The van der Waals surface area contributed by atoms with Crippen LogP contribution in [-0.2, 0) is 21.2 Å². The van der Waals surface area contributed by atoms with E-state index < -0.39 is 10.0 Å². The molecule has 0 unspecified atom stereocenters. The minimum atomic E-state index is -3.36. The molecule has 1 rings (SSSR count). The molecule has 0 aromatic heterocycles. The molecule has 1 aromatic carbocycles. The first-order valence-corrected chi connectivity index (χ1v) is 6.79. The Morgan fingerprint density at radius 1 is 1.18 bits per heavy atom. The van der Waals surface area contributed by atoms with Gasteiger partial charge in [0, 0.05) is 20.5 Å². The molecule has 0 aliphatic heterocycles. The first-order chi connectivity index (χ1) is 7.84. The summed E-state index contributed by atoms with van der Waals surface area (Å²) in [6.07, 6.45) is 1.14. The first kappa shape index (κ1) is 13.9. The lowest BCUT2D eigenvalue weighted by atomic mass is 10.1. The number of aryl methyl sites for hydroxylation is 1. The number of nitrogens with zero attached hydrogens (tertiary/aromatic N) is 1. The lowest BCUT2D eigenvalue weighted by Gasteiger charge is -2.11. The average molecular weight is 255 g/mol. The summed E-state index contributed by atoms with van der Waals surface area (Å²) in [6.45, 7) is 1.55. The van der Waals surface area contributed by atoms with Crippen molar-refractivity contribution in [2.75, 3.05) is 14.1 Å². The Labute approximate surface area is 102 Å². The molecule has 0 radical (unpaired) electrons. The second-order valence-corrected chi connectivity index (χ2v) is 6.29. The van der Waals surface area contributed by atoms with Crippen molar-refractivity contribution in [2.24, 2.45) is 0 Å². The average Bonchev–Trinajstić information content (AvgIpc) is 2.26. The molecule has 94 valence electrons. The predicted molar refractivity (Wildman–Crippen MR) is 66.3 cm³/mol. The molecule has 0 saturated carbocycles. The number of carbonyl (C=O) groups is 1. The molecule has 4 nitrogen and oxygen atoms in total. The Hall–Kier alpha value is -1.20. The van der Waals surface area contributed by atoms with E-state index in [9.17, 15) is 13.2 Å². The smallest absolute Gasteiger partial charge is 0.242 e. The van der Waals surface area contributed by atoms with Crippen molar-refractivity contribution < 1.29 is 13.2 Å². The summed E-state index contributed by atoms with van der Waals surface area (Å²) in [5.74, 6) is 0.134. The fourth-order valence-corrected chi connectivity index (χ4v) is 2.26. The van der Waals surface area contributed by atoms with E-state index in [1.165, 1.54) is 18.4 Å². The van der Waals surface area contributed by atoms with Crippen molar-refractivity contribution >= 4 is 15.8 Å².